The van der Waals surface area contributed by atoms with Crippen LogP contribution in [0.4, 0.5) is 0 Å². The normalized spacial score (nSPS) is 22.9. The quantitative estimate of drug-likeness (QED) is 0.241. The molecule has 9 heteroatoms. The Morgan fingerprint density at radius 1 is 0.721 bits per heavy atom. The Labute approximate surface area is 269 Å². The highest BCUT2D eigenvalue weighted by atomic mass is 32.2. The molecule has 0 aromatic carbocycles. The second kappa shape index (κ2) is 12.7. The van der Waals surface area contributed by atoms with E-state index in [0.717, 1.165) is 77.1 Å². The zero-order chi connectivity index (χ0) is 30.4. The summed E-state index contributed by atoms with van der Waals surface area (Å²) in [6, 6.07) is 0. The molecule has 4 aliphatic rings. The summed E-state index contributed by atoms with van der Waals surface area (Å²) in [5.74, 6) is 5.21. The molecule has 0 bridgehead atoms. The van der Waals surface area contributed by atoms with E-state index in [2.05, 4.69) is 48.5 Å². The Balaban J connectivity index is 1.44. The first-order valence-electron chi connectivity index (χ1n) is 16.3. The molecule has 1 saturated heterocycles. The Morgan fingerprint density at radius 3 is 1.93 bits per heavy atom. The summed E-state index contributed by atoms with van der Waals surface area (Å²) in [5.41, 5.74) is 0.0619. The zero-order valence-corrected chi connectivity index (χ0v) is 29.3. The van der Waals surface area contributed by atoms with E-state index in [4.69, 9.17) is 28.4 Å². The molecule has 6 rings (SSSR count). The third-order valence-corrected chi connectivity index (χ3v) is 13.9. The van der Waals surface area contributed by atoms with Gasteiger partial charge in [0.1, 0.15) is 44.9 Å². The van der Waals surface area contributed by atoms with Crippen molar-refractivity contribution in [2.24, 2.45) is 5.92 Å². The van der Waals surface area contributed by atoms with Crippen LogP contribution in [0.1, 0.15) is 112 Å². The summed E-state index contributed by atoms with van der Waals surface area (Å²) in [7, 11) is 0. The molecule has 43 heavy (non-hydrogen) atoms. The number of thiophene rings is 2. The van der Waals surface area contributed by atoms with Crippen molar-refractivity contribution in [3.8, 4) is 23.0 Å². The van der Waals surface area contributed by atoms with E-state index in [1.54, 1.807) is 0 Å². The lowest BCUT2D eigenvalue weighted by molar-refractivity contribution is -0.0391. The number of thioether (sulfide) groups is 1. The third-order valence-electron chi connectivity index (χ3n) is 9.27. The highest BCUT2D eigenvalue weighted by Crippen LogP contribution is 2.65. The summed E-state index contributed by atoms with van der Waals surface area (Å²) in [6.07, 6.45) is 6.46. The second-order valence-electron chi connectivity index (χ2n) is 13.2. The van der Waals surface area contributed by atoms with Gasteiger partial charge < -0.3 is 28.4 Å². The molecule has 0 saturated carbocycles. The molecule has 3 unspecified atom stereocenters. The van der Waals surface area contributed by atoms with E-state index in [1.165, 1.54) is 14.6 Å². The van der Waals surface area contributed by atoms with Crippen LogP contribution >= 0.6 is 34.4 Å². The zero-order valence-electron chi connectivity index (χ0n) is 26.9. The summed E-state index contributed by atoms with van der Waals surface area (Å²) in [6.45, 7) is 19.7. The van der Waals surface area contributed by atoms with E-state index in [9.17, 15) is 0 Å². The minimum absolute atomic E-state index is 0.0167. The lowest BCUT2D eigenvalue weighted by atomic mass is 9.78. The molecular formula is C34H48O6S3. The van der Waals surface area contributed by atoms with Gasteiger partial charge in [-0.1, -0.05) is 61.3 Å². The fraction of sp³-hybridized carbons (Fsp3) is 0.706. The number of hydrogen-bond donors (Lipinski definition) is 0. The van der Waals surface area contributed by atoms with Crippen LogP contribution in [0.3, 0.4) is 0 Å². The van der Waals surface area contributed by atoms with Crippen LogP contribution in [0.2, 0.25) is 0 Å². The number of rotatable bonds is 11. The van der Waals surface area contributed by atoms with Gasteiger partial charge in [0.15, 0.2) is 23.0 Å². The molecule has 0 amide bonds. The molecule has 0 N–H and O–H groups in total. The van der Waals surface area contributed by atoms with E-state index >= 15 is 0 Å². The van der Waals surface area contributed by atoms with Crippen molar-refractivity contribution in [1.29, 1.82) is 0 Å². The van der Waals surface area contributed by atoms with Crippen LogP contribution in [-0.2, 0) is 20.3 Å². The molecule has 0 spiro atoms. The Kier molecular flexibility index (Phi) is 9.27. The average molecular weight is 649 g/mol. The highest BCUT2D eigenvalue weighted by Gasteiger charge is 2.48. The van der Waals surface area contributed by atoms with Crippen LogP contribution in [0, 0.1) is 5.92 Å². The van der Waals surface area contributed by atoms with Crippen molar-refractivity contribution in [2.45, 2.75) is 109 Å². The van der Waals surface area contributed by atoms with E-state index < -0.39 is 0 Å². The number of fused-ring (bicyclic) bond motifs is 3. The average Bonchev–Trinajstić information content (AvgIpc) is 3.69. The maximum atomic E-state index is 6.53. The highest BCUT2D eigenvalue weighted by molar-refractivity contribution is 8.09. The summed E-state index contributed by atoms with van der Waals surface area (Å²) < 4.78 is 38.6. The van der Waals surface area contributed by atoms with Gasteiger partial charge >= 0.3 is 0 Å². The maximum Gasteiger partial charge on any atom is 0.180 e. The maximum absolute atomic E-state index is 6.53. The number of hydrogen-bond acceptors (Lipinski definition) is 9. The molecule has 4 aliphatic heterocycles. The van der Waals surface area contributed by atoms with Crippen LogP contribution in [0.25, 0.3) is 4.91 Å². The first-order valence-corrected chi connectivity index (χ1v) is 18.8. The van der Waals surface area contributed by atoms with Gasteiger partial charge in [-0.25, -0.2) is 0 Å². The monoisotopic (exact) mass is 648 g/mol. The van der Waals surface area contributed by atoms with E-state index in [0.29, 0.717) is 45.6 Å². The van der Waals surface area contributed by atoms with E-state index in [-0.39, 0.29) is 22.2 Å². The van der Waals surface area contributed by atoms with Gasteiger partial charge in [0.25, 0.3) is 0 Å². The summed E-state index contributed by atoms with van der Waals surface area (Å²) in [5, 5.41) is 0.0167. The van der Waals surface area contributed by atoms with Gasteiger partial charge in [0.2, 0.25) is 0 Å². The van der Waals surface area contributed by atoms with Gasteiger partial charge in [-0.15, -0.1) is 34.4 Å². The smallest absolute Gasteiger partial charge is 0.180 e. The molecule has 0 aliphatic carbocycles. The first-order chi connectivity index (χ1) is 20.7. The fourth-order valence-electron chi connectivity index (χ4n) is 7.32. The van der Waals surface area contributed by atoms with Crippen molar-refractivity contribution in [3.05, 3.63) is 25.3 Å². The van der Waals surface area contributed by atoms with Crippen molar-refractivity contribution < 1.29 is 28.4 Å². The Bertz CT molecular complexity index is 1340. The Hall–Kier alpha value is -1.55. The van der Waals surface area contributed by atoms with Crippen molar-refractivity contribution >= 4 is 39.3 Å². The lowest BCUT2D eigenvalue weighted by Crippen LogP contribution is -2.28. The van der Waals surface area contributed by atoms with Crippen LogP contribution in [0.15, 0.2) is 5.76 Å². The summed E-state index contributed by atoms with van der Waals surface area (Å²) >= 11 is 5.55. The molecule has 6 nitrogen and oxygen atoms in total. The molecular weight excluding hydrogens is 601 g/mol. The SMILES string of the molecule is CCCC(C)(CCC)c1sc(C2=C3OCCOC3C(c3sc(C(C)(CC)CC(C)C)c4c3OCCO4)S2)c2c1OCCO2. The Morgan fingerprint density at radius 2 is 1.30 bits per heavy atom. The van der Waals surface area contributed by atoms with Crippen LogP contribution in [0.5, 0.6) is 23.0 Å². The van der Waals surface area contributed by atoms with E-state index in [1.807, 2.05) is 34.4 Å². The predicted octanol–water partition coefficient (Wildman–Crippen LogP) is 9.50. The van der Waals surface area contributed by atoms with Gasteiger partial charge in [-0.05, 0) is 31.6 Å². The second-order valence-corrected chi connectivity index (χ2v) is 16.4. The van der Waals surface area contributed by atoms with Crippen LogP contribution < -0.4 is 18.9 Å². The molecule has 0 radical (unpaired) electrons. The lowest BCUT2D eigenvalue weighted by Gasteiger charge is -2.31. The van der Waals surface area contributed by atoms with Crippen molar-refractivity contribution in [3.63, 3.8) is 0 Å². The van der Waals surface area contributed by atoms with Gasteiger partial charge in [0.05, 0.1) is 36.3 Å². The predicted molar refractivity (Wildman–Crippen MR) is 178 cm³/mol. The molecule has 2 aromatic rings. The fourth-order valence-corrected chi connectivity index (χ4v) is 11.9. The van der Waals surface area contributed by atoms with Gasteiger partial charge in [-0.3, -0.25) is 0 Å². The van der Waals surface area contributed by atoms with Crippen molar-refractivity contribution in [2.75, 3.05) is 39.6 Å². The topological polar surface area (TPSA) is 55.4 Å². The molecule has 6 heterocycles. The molecule has 2 aromatic heterocycles. The molecule has 238 valence electrons. The van der Waals surface area contributed by atoms with Crippen LogP contribution in [-0.4, -0.2) is 45.7 Å². The van der Waals surface area contributed by atoms with Crippen molar-refractivity contribution in [1.82, 2.24) is 0 Å². The largest absolute Gasteiger partial charge is 0.491 e. The van der Waals surface area contributed by atoms with Gasteiger partial charge in [-0.2, -0.15) is 0 Å². The standard InChI is InChI=1S/C34H48O6S3/c1-8-11-34(7,12-9-2)32-26-24(38-16-18-40-26)30(43-32)28-22-21(35-13-14-36-22)27(41-28)29-23-25(39-17-15-37-23)31(42-29)33(6,10-3)19-20(4)5/h20-21,27H,8-19H2,1-7H3. The number of ether oxygens (including phenoxy) is 6. The van der Waals surface area contributed by atoms with Gasteiger partial charge in [0, 0.05) is 10.8 Å². The molecule has 3 atom stereocenters. The summed E-state index contributed by atoms with van der Waals surface area (Å²) in [4.78, 5) is 6.08. The minimum atomic E-state index is -0.184. The first kappa shape index (κ1) is 31.4. The minimum Gasteiger partial charge on any atom is -0.491 e. The molecule has 1 fully saturated rings. The third kappa shape index (κ3) is 5.59.